The van der Waals surface area contributed by atoms with Crippen molar-refractivity contribution < 1.29 is 4.79 Å². The summed E-state index contributed by atoms with van der Waals surface area (Å²) in [7, 11) is 0. The van der Waals surface area contributed by atoms with Crippen LogP contribution in [0, 0.1) is 13.8 Å². The largest absolute Gasteiger partial charge is 0.294 e. The van der Waals surface area contributed by atoms with Gasteiger partial charge in [-0.05, 0) is 31.7 Å². The fourth-order valence-corrected chi connectivity index (χ4v) is 2.42. The van der Waals surface area contributed by atoms with Crippen LogP contribution in [0.1, 0.15) is 52.7 Å². The summed E-state index contributed by atoms with van der Waals surface area (Å²) in [5, 5.41) is 0. The number of aryl methyl sites for hydroxylation is 2. The Kier molecular flexibility index (Phi) is 4.73. The van der Waals surface area contributed by atoms with Crippen molar-refractivity contribution in [1.29, 1.82) is 0 Å². The number of hydrogen-bond acceptors (Lipinski definition) is 1. The molecule has 2 aromatic carbocycles. The summed E-state index contributed by atoms with van der Waals surface area (Å²) in [5.41, 5.74) is 4.53. The van der Waals surface area contributed by atoms with E-state index in [1.54, 1.807) is 0 Å². The molecule has 0 bridgehead atoms. The second-order valence-electron chi connectivity index (χ2n) is 5.51. The Morgan fingerprint density at radius 2 is 1.40 bits per heavy atom. The van der Waals surface area contributed by atoms with Crippen molar-refractivity contribution >= 4 is 5.78 Å². The highest BCUT2D eigenvalue weighted by Crippen LogP contribution is 2.25. The second kappa shape index (κ2) is 6.51. The van der Waals surface area contributed by atoms with E-state index in [9.17, 15) is 4.79 Å². The second-order valence-corrected chi connectivity index (χ2v) is 5.51. The summed E-state index contributed by atoms with van der Waals surface area (Å²) in [4.78, 5) is 12.4. The average molecular weight is 266 g/mol. The van der Waals surface area contributed by atoms with Crippen LogP contribution in [-0.2, 0) is 0 Å². The summed E-state index contributed by atoms with van der Waals surface area (Å²) in [6, 6.07) is 16.4. The monoisotopic (exact) mass is 266 g/mol. The van der Waals surface area contributed by atoms with Crippen molar-refractivity contribution in [3.63, 3.8) is 0 Å². The molecule has 20 heavy (non-hydrogen) atoms. The maximum Gasteiger partial charge on any atom is 0.163 e. The highest BCUT2D eigenvalue weighted by atomic mass is 16.1. The lowest BCUT2D eigenvalue weighted by atomic mass is 9.89. The number of carbonyl (C=O) groups excluding carboxylic acids is 1. The number of rotatable bonds is 5. The average Bonchev–Trinajstić information content (AvgIpc) is 2.46. The molecular weight excluding hydrogens is 244 g/mol. The Bertz CT molecular complexity index is 564. The first-order valence-corrected chi connectivity index (χ1v) is 7.26. The highest BCUT2D eigenvalue weighted by molar-refractivity contribution is 5.96. The zero-order valence-electron chi connectivity index (χ0n) is 12.5. The number of benzene rings is 2. The van der Waals surface area contributed by atoms with E-state index in [2.05, 4.69) is 38.1 Å². The fraction of sp³-hybridized carbons (Fsp3) is 0.316. The molecule has 1 nitrogen and oxygen atoms in total. The van der Waals surface area contributed by atoms with Gasteiger partial charge in [0.2, 0.25) is 0 Å². The number of carbonyl (C=O) groups is 1. The molecule has 0 aliphatic carbocycles. The Balaban J connectivity index is 2.11. The SMILES string of the molecule is CC[C@H](CC(=O)c1ccc(C)cc1)c1ccc(C)cc1. The van der Waals surface area contributed by atoms with Crippen LogP contribution in [0.15, 0.2) is 48.5 Å². The third-order valence-corrected chi connectivity index (χ3v) is 3.85. The molecule has 0 N–H and O–H groups in total. The van der Waals surface area contributed by atoms with Gasteiger partial charge in [-0.25, -0.2) is 0 Å². The molecule has 0 saturated carbocycles. The van der Waals surface area contributed by atoms with Gasteiger partial charge in [-0.1, -0.05) is 66.6 Å². The van der Waals surface area contributed by atoms with Crippen LogP contribution in [-0.4, -0.2) is 5.78 Å². The molecule has 0 aliphatic heterocycles. The normalized spacial score (nSPS) is 12.2. The van der Waals surface area contributed by atoms with E-state index in [1.165, 1.54) is 16.7 Å². The Hall–Kier alpha value is -1.89. The molecule has 1 atom stereocenters. The van der Waals surface area contributed by atoms with Crippen LogP contribution >= 0.6 is 0 Å². The lowest BCUT2D eigenvalue weighted by Crippen LogP contribution is -2.07. The smallest absolute Gasteiger partial charge is 0.163 e. The standard InChI is InChI=1S/C19H22O/c1-4-16(17-9-5-14(2)6-10-17)13-19(20)18-11-7-15(3)8-12-18/h5-12,16H,4,13H2,1-3H3/t16-/m1/s1. The van der Waals surface area contributed by atoms with Crippen molar-refractivity contribution in [2.75, 3.05) is 0 Å². The lowest BCUT2D eigenvalue weighted by molar-refractivity contribution is 0.0973. The predicted octanol–water partition coefficient (Wildman–Crippen LogP) is 5.07. The maximum atomic E-state index is 12.4. The third-order valence-electron chi connectivity index (χ3n) is 3.85. The van der Waals surface area contributed by atoms with E-state index in [4.69, 9.17) is 0 Å². The summed E-state index contributed by atoms with van der Waals surface area (Å²) < 4.78 is 0. The van der Waals surface area contributed by atoms with E-state index in [1.807, 2.05) is 31.2 Å². The van der Waals surface area contributed by atoms with Gasteiger partial charge in [0.05, 0.1) is 0 Å². The van der Waals surface area contributed by atoms with Gasteiger partial charge in [0.15, 0.2) is 5.78 Å². The molecule has 2 rings (SSSR count). The molecule has 0 heterocycles. The van der Waals surface area contributed by atoms with E-state index < -0.39 is 0 Å². The maximum absolute atomic E-state index is 12.4. The van der Waals surface area contributed by atoms with E-state index in [0.717, 1.165) is 12.0 Å². The van der Waals surface area contributed by atoms with Gasteiger partial charge < -0.3 is 0 Å². The first-order chi connectivity index (χ1) is 9.60. The van der Waals surface area contributed by atoms with Gasteiger partial charge in [0, 0.05) is 12.0 Å². The molecule has 0 amide bonds. The van der Waals surface area contributed by atoms with Crippen molar-refractivity contribution in [1.82, 2.24) is 0 Å². The van der Waals surface area contributed by atoms with Crippen LogP contribution in [0.2, 0.25) is 0 Å². The summed E-state index contributed by atoms with van der Waals surface area (Å²) in [6.07, 6.45) is 1.57. The molecule has 0 aliphatic rings. The summed E-state index contributed by atoms with van der Waals surface area (Å²) in [5.74, 6) is 0.543. The number of Topliss-reactive ketones (excluding diaryl/α,β-unsaturated/α-hetero) is 1. The number of hydrogen-bond donors (Lipinski definition) is 0. The van der Waals surface area contributed by atoms with Gasteiger partial charge in [-0.3, -0.25) is 4.79 Å². The number of ketones is 1. The Morgan fingerprint density at radius 3 is 1.90 bits per heavy atom. The lowest BCUT2D eigenvalue weighted by Gasteiger charge is -2.15. The van der Waals surface area contributed by atoms with Gasteiger partial charge in [0.25, 0.3) is 0 Å². The van der Waals surface area contributed by atoms with Crippen molar-refractivity contribution in [3.8, 4) is 0 Å². The van der Waals surface area contributed by atoms with Crippen molar-refractivity contribution in [3.05, 3.63) is 70.8 Å². The summed E-state index contributed by atoms with van der Waals surface area (Å²) in [6.45, 7) is 6.27. The first-order valence-electron chi connectivity index (χ1n) is 7.26. The van der Waals surface area contributed by atoms with Crippen molar-refractivity contribution in [2.24, 2.45) is 0 Å². The van der Waals surface area contributed by atoms with E-state index >= 15 is 0 Å². The molecule has 1 heteroatoms. The molecule has 0 radical (unpaired) electrons. The van der Waals surface area contributed by atoms with Gasteiger partial charge in [0.1, 0.15) is 0 Å². The molecule has 0 unspecified atom stereocenters. The zero-order chi connectivity index (χ0) is 14.5. The quantitative estimate of drug-likeness (QED) is 0.690. The van der Waals surface area contributed by atoms with Crippen LogP contribution < -0.4 is 0 Å². The molecule has 0 aromatic heterocycles. The van der Waals surface area contributed by atoms with E-state index in [0.29, 0.717) is 12.3 Å². The van der Waals surface area contributed by atoms with Gasteiger partial charge >= 0.3 is 0 Å². The minimum absolute atomic E-state index is 0.234. The predicted molar refractivity (Wildman–Crippen MR) is 84.3 cm³/mol. The fourth-order valence-electron chi connectivity index (χ4n) is 2.42. The minimum Gasteiger partial charge on any atom is -0.294 e. The molecule has 0 saturated heterocycles. The zero-order valence-corrected chi connectivity index (χ0v) is 12.5. The molecule has 0 fully saturated rings. The van der Waals surface area contributed by atoms with Crippen LogP contribution in [0.4, 0.5) is 0 Å². The molecule has 104 valence electrons. The first kappa shape index (κ1) is 14.5. The third kappa shape index (κ3) is 3.57. The van der Waals surface area contributed by atoms with Gasteiger partial charge in [-0.15, -0.1) is 0 Å². The Morgan fingerprint density at radius 1 is 0.900 bits per heavy atom. The Labute approximate surface area is 121 Å². The van der Waals surface area contributed by atoms with Crippen molar-refractivity contribution in [2.45, 2.75) is 39.5 Å². The topological polar surface area (TPSA) is 17.1 Å². The van der Waals surface area contributed by atoms with Crippen LogP contribution in [0.25, 0.3) is 0 Å². The summed E-state index contributed by atoms with van der Waals surface area (Å²) >= 11 is 0. The van der Waals surface area contributed by atoms with Crippen LogP contribution in [0.3, 0.4) is 0 Å². The van der Waals surface area contributed by atoms with Gasteiger partial charge in [-0.2, -0.15) is 0 Å². The highest BCUT2D eigenvalue weighted by Gasteiger charge is 2.15. The molecule has 2 aromatic rings. The van der Waals surface area contributed by atoms with Crippen LogP contribution in [0.5, 0.6) is 0 Å². The van der Waals surface area contributed by atoms with E-state index in [-0.39, 0.29) is 5.78 Å². The minimum atomic E-state index is 0.234. The molecular formula is C19H22O. The molecule has 0 spiro atoms.